The first kappa shape index (κ1) is 14.0. The van der Waals surface area contributed by atoms with Crippen molar-refractivity contribution in [2.75, 3.05) is 0 Å². The summed E-state index contributed by atoms with van der Waals surface area (Å²) in [5.74, 6) is 0. The molecule has 1 saturated carbocycles. The molecule has 22 heavy (non-hydrogen) atoms. The molecule has 2 aliphatic rings. The number of imidazole rings is 1. The second-order valence-electron chi connectivity index (χ2n) is 7.93. The lowest BCUT2D eigenvalue weighted by Gasteiger charge is -2.51. The van der Waals surface area contributed by atoms with E-state index < -0.39 is 0 Å². The largest absolute Gasteiger partial charge is 0.392 e. The number of hydrogen-bond acceptors (Lipinski definition) is 2. The third-order valence-electron chi connectivity index (χ3n) is 6.00. The summed E-state index contributed by atoms with van der Waals surface area (Å²) in [6.07, 6.45) is 6.87. The molecule has 3 nitrogen and oxygen atoms in total. The van der Waals surface area contributed by atoms with E-state index in [-0.39, 0.29) is 23.0 Å². The summed E-state index contributed by atoms with van der Waals surface area (Å²) in [6.45, 7) is 6.66. The van der Waals surface area contributed by atoms with Crippen LogP contribution in [-0.2, 0) is 0 Å². The van der Waals surface area contributed by atoms with Crippen LogP contribution in [0.2, 0.25) is 0 Å². The zero-order chi connectivity index (χ0) is 15.5. The molecule has 0 spiro atoms. The molecule has 0 unspecified atom stereocenters. The van der Waals surface area contributed by atoms with Gasteiger partial charge in [0.2, 0.25) is 0 Å². The second-order valence-corrected chi connectivity index (χ2v) is 7.93. The molecule has 3 heteroatoms. The molecule has 1 fully saturated rings. The second kappa shape index (κ2) is 4.45. The number of aromatic nitrogens is 2. The van der Waals surface area contributed by atoms with Gasteiger partial charge >= 0.3 is 0 Å². The molecule has 116 valence electrons. The maximum Gasteiger partial charge on any atom is 0.0956 e. The maximum absolute atomic E-state index is 11.2. The fraction of sp³-hybridized carbons (Fsp3) is 0.526. The number of aliphatic hydroxyl groups is 1. The Bertz CT molecular complexity index is 718. The van der Waals surface area contributed by atoms with Gasteiger partial charge in [-0.3, -0.25) is 0 Å². The molecule has 4 rings (SSSR count). The van der Waals surface area contributed by atoms with Crippen LogP contribution in [0.15, 0.2) is 36.8 Å². The van der Waals surface area contributed by atoms with Crippen LogP contribution in [0.3, 0.4) is 0 Å². The number of nitrogens with zero attached hydrogens (tertiary/aromatic N) is 2. The highest BCUT2D eigenvalue weighted by Gasteiger charge is 2.53. The zero-order valence-electron chi connectivity index (χ0n) is 13.6. The van der Waals surface area contributed by atoms with E-state index >= 15 is 0 Å². The van der Waals surface area contributed by atoms with Crippen LogP contribution in [0, 0.1) is 10.8 Å². The molecule has 1 aliphatic carbocycles. The minimum Gasteiger partial charge on any atom is -0.392 e. The van der Waals surface area contributed by atoms with Crippen LogP contribution in [0.4, 0.5) is 0 Å². The number of benzene rings is 1. The lowest BCUT2D eigenvalue weighted by Crippen LogP contribution is -2.50. The Kier molecular flexibility index (Phi) is 2.83. The zero-order valence-corrected chi connectivity index (χ0v) is 13.6. The van der Waals surface area contributed by atoms with Gasteiger partial charge in [-0.05, 0) is 23.8 Å². The summed E-state index contributed by atoms with van der Waals surface area (Å²) in [7, 11) is 0. The van der Waals surface area contributed by atoms with Gasteiger partial charge < -0.3 is 9.67 Å². The summed E-state index contributed by atoms with van der Waals surface area (Å²) in [5, 5.41) is 11.2. The van der Waals surface area contributed by atoms with Gasteiger partial charge in [0.05, 0.1) is 30.4 Å². The highest BCUT2D eigenvalue weighted by molar-refractivity contribution is 5.69. The van der Waals surface area contributed by atoms with Crippen LogP contribution in [0.25, 0.3) is 11.3 Å². The van der Waals surface area contributed by atoms with Crippen molar-refractivity contribution in [1.82, 2.24) is 9.55 Å². The van der Waals surface area contributed by atoms with E-state index in [0.717, 1.165) is 12.8 Å². The van der Waals surface area contributed by atoms with Crippen molar-refractivity contribution in [2.24, 2.45) is 10.8 Å². The Morgan fingerprint density at radius 3 is 2.77 bits per heavy atom. The van der Waals surface area contributed by atoms with E-state index in [4.69, 9.17) is 0 Å². The standard InChI is InChI=1S/C19H24N2O/c1-18(2)9-6-10-19(3,17(18)22)16-14-8-5-4-7-13(14)15-11-20-12-21(15)16/h4-5,7-8,11-12,16-17,22H,6,9-10H2,1-3H3/t16-,17+,19-/m0/s1. The lowest BCUT2D eigenvalue weighted by atomic mass is 9.58. The SMILES string of the molecule is CC1(C)CCC[C@@](C)([C@@H]2c3ccccc3-c3cncn32)[C@@H]1O. The van der Waals surface area contributed by atoms with Crippen molar-refractivity contribution in [3.8, 4) is 11.3 Å². The highest BCUT2D eigenvalue weighted by atomic mass is 16.3. The van der Waals surface area contributed by atoms with E-state index in [1.54, 1.807) is 0 Å². The van der Waals surface area contributed by atoms with Gasteiger partial charge in [-0.25, -0.2) is 4.98 Å². The molecule has 0 saturated heterocycles. The fourth-order valence-corrected chi connectivity index (χ4v) is 4.89. The molecule has 0 amide bonds. The predicted molar refractivity (Wildman–Crippen MR) is 87.5 cm³/mol. The van der Waals surface area contributed by atoms with Crippen LogP contribution in [0.1, 0.15) is 51.6 Å². The Morgan fingerprint density at radius 2 is 1.95 bits per heavy atom. The fourth-order valence-electron chi connectivity index (χ4n) is 4.89. The minimum absolute atomic E-state index is 0.0364. The Hall–Kier alpha value is -1.61. The Morgan fingerprint density at radius 1 is 1.18 bits per heavy atom. The number of hydrogen-bond donors (Lipinski definition) is 1. The number of aliphatic hydroxyl groups excluding tert-OH is 1. The van der Waals surface area contributed by atoms with Crippen LogP contribution in [-0.4, -0.2) is 20.8 Å². The average molecular weight is 296 g/mol. The van der Waals surface area contributed by atoms with Gasteiger partial charge in [-0.1, -0.05) is 51.5 Å². The molecule has 3 atom stereocenters. The predicted octanol–water partition coefficient (Wildman–Crippen LogP) is 4.03. The van der Waals surface area contributed by atoms with Crippen molar-refractivity contribution in [3.05, 3.63) is 42.4 Å². The summed E-state index contributed by atoms with van der Waals surface area (Å²) < 4.78 is 2.27. The molecule has 1 aromatic carbocycles. The molecule has 0 bridgehead atoms. The van der Waals surface area contributed by atoms with Crippen molar-refractivity contribution in [3.63, 3.8) is 0 Å². The van der Waals surface area contributed by atoms with E-state index in [1.165, 1.54) is 23.2 Å². The van der Waals surface area contributed by atoms with Crippen LogP contribution >= 0.6 is 0 Å². The van der Waals surface area contributed by atoms with Crippen LogP contribution < -0.4 is 0 Å². The van der Waals surface area contributed by atoms with Gasteiger partial charge in [0.1, 0.15) is 0 Å². The molecule has 0 radical (unpaired) electrons. The first-order chi connectivity index (χ1) is 10.5. The average Bonchev–Trinajstić information content (AvgIpc) is 3.04. The van der Waals surface area contributed by atoms with E-state index in [1.807, 2.05) is 12.5 Å². The molecular formula is C19H24N2O. The van der Waals surface area contributed by atoms with Crippen molar-refractivity contribution < 1.29 is 5.11 Å². The van der Waals surface area contributed by atoms with Gasteiger partial charge in [-0.2, -0.15) is 0 Å². The van der Waals surface area contributed by atoms with Gasteiger partial charge in [0.15, 0.2) is 0 Å². The molecular weight excluding hydrogens is 272 g/mol. The molecule has 2 heterocycles. The Balaban J connectivity index is 1.89. The molecule has 1 aromatic heterocycles. The Labute approximate surface area is 132 Å². The quantitative estimate of drug-likeness (QED) is 0.862. The highest BCUT2D eigenvalue weighted by Crippen LogP contribution is 2.57. The maximum atomic E-state index is 11.2. The monoisotopic (exact) mass is 296 g/mol. The van der Waals surface area contributed by atoms with E-state index in [9.17, 15) is 5.11 Å². The summed E-state index contributed by atoms with van der Waals surface area (Å²) in [5.41, 5.74) is 3.58. The first-order valence-electron chi connectivity index (χ1n) is 8.24. The number of fused-ring (bicyclic) bond motifs is 3. The third kappa shape index (κ3) is 1.69. The van der Waals surface area contributed by atoms with Crippen molar-refractivity contribution in [1.29, 1.82) is 0 Å². The van der Waals surface area contributed by atoms with Crippen molar-refractivity contribution >= 4 is 0 Å². The van der Waals surface area contributed by atoms with Gasteiger partial charge in [-0.15, -0.1) is 0 Å². The van der Waals surface area contributed by atoms with Crippen molar-refractivity contribution in [2.45, 2.75) is 52.2 Å². The van der Waals surface area contributed by atoms with E-state index in [2.05, 4.69) is 54.6 Å². The van der Waals surface area contributed by atoms with Gasteiger partial charge in [0, 0.05) is 11.0 Å². The molecule has 1 N–H and O–H groups in total. The number of rotatable bonds is 1. The summed E-state index contributed by atoms with van der Waals surface area (Å²) in [6, 6.07) is 8.76. The van der Waals surface area contributed by atoms with E-state index in [0.29, 0.717) is 0 Å². The summed E-state index contributed by atoms with van der Waals surface area (Å²) >= 11 is 0. The molecule has 1 aliphatic heterocycles. The lowest BCUT2D eigenvalue weighted by molar-refractivity contribution is -0.100. The topological polar surface area (TPSA) is 38.0 Å². The smallest absolute Gasteiger partial charge is 0.0956 e. The normalized spacial score (nSPS) is 32.5. The van der Waals surface area contributed by atoms with Crippen LogP contribution in [0.5, 0.6) is 0 Å². The minimum atomic E-state index is -0.319. The molecule has 2 aromatic rings. The first-order valence-corrected chi connectivity index (χ1v) is 8.24. The summed E-state index contributed by atoms with van der Waals surface area (Å²) in [4.78, 5) is 4.36. The third-order valence-corrected chi connectivity index (χ3v) is 6.00. The van der Waals surface area contributed by atoms with Gasteiger partial charge in [0.25, 0.3) is 0 Å².